The third-order valence-corrected chi connectivity index (χ3v) is 4.32. The number of ether oxygens (including phenoxy) is 1. The van der Waals surface area contributed by atoms with Gasteiger partial charge in [0.2, 0.25) is 0 Å². The Morgan fingerprint density at radius 3 is 2.71 bits per heavy atom. The molecule has 1 aromatic carbocycles. The maximum absolute atomic E-state index is 13.9. The zero-order chi connectivity index (χ0) is 17.9. The lowest BCUT2D eigenvalue weighted by atomic mass is 9.92. The van der Waals surface area contributed by atoms with Gasteiger partial charge in [0.15, 0.2) is 0 Å². The molecule has 0 aromatic heterocycles. The molecule has 0 radical (unpaired) electrons. The van der Waals surface area contributed by atoms with E-state index in [9.17, 15) is 14.3 Å². The molecule has 1 N–H and O–H groups in total. The third kappa shape index (κ3) is 4.94. The fraction of sp³-hybridized carbons (Fsp3) is 0.632. The molecule has 1 aromatic rings. The predicted octanol–water partition coefficient (Wildman–Crippen LogP) is 4.16. The molecule has 24 heavy (non-hydrogen) atoms. The van der Waals surface area contributed by atoms with Crippen LogP contribution in [0.4, 0.5) is 9.18 Å². The van der Waals surface area contributed by atoms with Gasteiger partial charge < -0.3 is 14.7 Å². The van der Waals surface area contributed by atoms with Crippen molar-refractivity contribution in [2.75, 3.05) is 6.54 Å². The van der Waals surface area contributed by atoms with Crippen LogP contribution in [0.1, 0.15) is 57.3 Å². The summed E-state index contributed by atoms with van der Waals surface area (Å²) in [6.45, 7) is 7.68. The van der Waals surface area contributed by atoms with Crippen LogP contribution < -0.4 is 0 Å². The molecule has 4 nitrogen and oxygen atoms in total. The van der Waals surface area contributed by atoms with Gasteiger partial charge in [-0.25, -0.2) is 9.18 Å². The number of carbonyl (C=O) groups excluding carboxylic acids is 1. The van der Waals surface area contributed by atoms with Gasteiger partial charge in [-0.2, -0.15) is 0 Å². The van der Waals surface area contributed by atoms with Crippen LogP contribution in [0.15, 0.2) is 24.3 Å². The topological polar surface area (TPSA) is 49.8 Å². The molecule has 1 amide bonds. The molecule has 5 heteroatoms. The van der Waals surface area contributed by atoms with E-state index in [1.807, 2.05) is 52.0 Å². The van der Waals surface area contributed by atoms with Crippen LogP contribution in [0.25, 0.3) is 0 Å². The molecular formula is C19H28FNO3. The zero-order valence-electron chi connectivity index (χ0n) is 15.0. The predicted molar refractivity (Wildman–Crippen MR) is 91.6 cm³/mol. The van der Waals surface area contributed by atoms with Crippen LogP contribution in [0.2, 0.25) is 0 Å². The number of alkyl halides is 1. The van der Waals surface area contributed by atoms with Gasteiger partial charge in [0, 0.05) is 12.6 Å². The van der Waals surface area contributed by atoms with E-state index in [0.29, 0.717) is 19.4 Å². The lowest BCUT2D eigenvalue weighted by Gasteiger charge is -2.39. The molecule has 1 aliphatic rings. The number of piperidine rings is 1. The highest BCUT2D eigenvalue weighted by Crippen LogP contribution is 2.30. The number of aliphatic hydroxyl groups is 1. The summed E-state index contributed by atoms with van der Waals surface area (Å²) in [6, 6.07) is 7.22. The quantitative estimate of drug-likeness (QED) is 0.901. The van der Waals surface area contributed by atoms with Gasteiger partial charge in [-0.05, 0) is 58.1 Å². The highest BCUT2D eigenvalue weighted by Gasteiger charge is 2.35. The van der Waals surface area contributed by atoms with E-state index in [0.717, 1.165) is 11.1 Å². The van der Waals surface area contributed by atoms with Crippen LogP contribution in [-0.2, 0) is 4.74 Å². The monoisotopic (exact) mass is 337 g/mol. The Balaban J connectivity index is 2.11. The summed E-state index contributed by atoms with van der Waals surface area (Å²) >= 11 is 0. The molecule has 0 saturated carbocycles. The van der Waals surface area contributed by atoms with Crippen LogP contribution in [0.5, 0.6) is 0 Å². The van der Waals surface area contributed by atoms with Crippen molar-refractivity contribution in [3.8, 4) is 0 Å². The van der Waals surface area contributed by atoms with Crippen LogP contribution >= 0.6 is 0 Å². The number of benzene rings is 1. The number of rotatable bonds is 3. The van der Waals surface area contributed by atoms with Crippen molar-refractivity contribution in [1.82, 2.24) is 4.90 Å². The molecule has 0 aliphatic carbocycles. The number of nitrogens with zero attached hydrogens (tertiary/aromatic N) is 1. The highest BCUT2D eigenvalue weighted by atomic mass is 19.1. The second kappa shape index (κ2) is 7.51. The van der Waals surface area contributed by atoms with E-state index < -0.39 is 24.0 Å². The first-order valence-electron chi connectivity index (χ1n) is 8.54. The average molecular weight is 337 g/mol. The summed E-state index contributed by atoms with van der Waals surface area (Å²) in [5.41, 5.74) is 1.21. The van der Waals surface area contributed by atoms with Gasteiger partial charge >= 0.3 is 6.09 Å². The normalized spacial score (nSPS) is 23.0. The van der Waals surface area contributed by atoms with E-state index in [1.54, 1.807) is 4.90 Å². The van der Waals surface area contributed by atoms with E-state index in [4.69, 9.17) is 4.74 Å². The lowest BCUT2D eigenvalue weighted by molar-refractivity contribution is -0.00669. The Labute approximate surface area is 143 Å². The molecule has 3 atom stereocenters. The fourth-order valence-electron chi connectivity index (χ4n) is 3.13. The Bertz CT molecular complexity index is 570. The number of likely N-dealkylation sites (tertiary alicyclic amines) is 1. The molecular weight excluding hydrogens is 309 g/mol. The van der Waals surface area contributed by atoms with Gasteiger partial charge in [-0.1, -0.05) is 24.3 Å². The van der Waals surface area contributed by atoms with Crippen LogP contribution in [0, 0.1) is 6.92 Å². The summed E-state index contributed by atoms with van der Waals surface area (Å²) in [5, 5.41) is 10.6. The first-order valence-corrected chi connectivity index (χ1v) is 8.54. The molecule has 2 rings (SSSR count). The number of aryl methyl sites for hydroxylation is 1. The maximum atomic E-state index is 13.9. The van der Waals surface area contributed by atoms with Gasteiger partial charge in [0.25, 0.3) is 0 Å². The summed E-state index contributed by atoms with van der Waals surface area (Å²) in [4.78, 5) is 14.0. The summed E-state index contributed by atoms with van der Waals surface area (Å²) in [5.74, 6) is 0. The lowest BCUT2D eigenvalue weighted by Crippen LogP contribution is -2.49. The highest BCUT2D eigenvalue weighted by molar-refractivity contribution is 5.68. The molecule has 0 bridgehead atoms. The Morgan fingerprint density at radius 2 is 2.08 bits per heavy atom. The molecule has 0 spiro atoms. The Kier molecular flexibility index (Phi) is 5.86. The van der Waals surface area contributed by atoms with E-state index in [2.05, 4.69) is 0 Å². The number of hydrogen-bond acceptors (Lipinski definition) is 3. The number of halogens is 1. The number of aliphatic hydroxyl groups excluding tert-OH is 1. The van der Waals surface area contributed by atoms with E-state index in [1.165, 1.54) is 0 Å². The first-order chi connectivity index (χ1) is 11.2. The summed E-state index contributed by atoms with van der Waals surface area (Å²) < 4.78 is 19.3. The van der Waals surface area contributed by atoms with Crippen molar-refractivity contribution in [1.29, 1.82) is 0 Å². The fourth-order valence-corrected chi connectivity index (χ4v) is 3.13. The molecule has 1 fully saturated rings. The van der Waals surface area contributed by atoms with Gasteiger partial charge in [-0.15, -0.1) is 0 Å². The first kappa shape index (κ1) is 18.7. The molecule has 0 unspecified atom stereocenters. The van der Waals surface area contributed by atoms with Gasteiger partial charge in [0.05, 0.1) is 6.10 Å². The minimum absolute atomic E-state index is 0.238. The number of amides is 1. The largest absolute Gasteiger partial charge is 0.444 e. The third-order valence-electron chi connectivity index (χ3n) is 4.32. The second-order valence-electron chi connectivity index (χ2n) is 7.56. The smallest absolute Gasteiger partial charge is 0.410 e. The number of hydrogen-bond donors (Lipinski definition) is 1. The van der Waals surface area contributed by atoms with E-state index >= 15 is 0 Å². The molecule has 1 aliphatic heterocycles. The van der Waals surface area contributed by atoms with Gasteiger partial charge in [-0.3, -0.25) is 0 Å². The Morgan fingerprint density at radius 1 is 1.42 bits per heavy atom. The molecule has 1 heterocycles. The Hall–Kier alpha value is -1.62. The molecule has 1 saturated heterocycles. The van der Waals surface area contributed by atoms with E-state index in [-0.39, 0.29) is 12.5 Å². The summed E-state index contributed by atoms with van der Waals surface area (Å²) in [6.07, 6.45) is -1.25. The summed E-state index contributed by atoms with van der Waals surface area (Å²) in [7, 11) is 0. The SMILES string of the molecule is Cc1ccccc1[C@H](O)C[C@@H]1C[C@H](F)CCN1C(=O)OC(C)(C)C. The van der Waals surface area contributed by atoms with Crippen molar-refractivity contribution < 1.29 is 19.0 Å². The maximum Gasteiger partial charge on any atom is 0.410 e. The van der Waals surface area contributed by atoms with Crippen molar-refractivity contribution in [3.05, 3.63) is 35.4 Å². The van der Waals surface area contributed by atoms with Crippen molar-refractivity contribution >= 4 is 6.09 Å². The average Bonchev–Trinajstić information content (AvgIpc) is 2.45. The van der Waals surface area contributed by atoms with Crippen LogP contribution in [-0.4, -0.2) is 40.5 Å². The van der Waals surface area contributed by atoms with Gasteiger partial charge in [0.1, 0.15) is 11.8 Å². The standard InChI is InChI=1S/C19H28FNO3/c1-13-7-5-6-8-16(13)17(22)12-15-11-14(20)9-10-21(15)18(23)24-19(2,3)4/h5-8,14-15,17,22H,9-12H2,1-4H3/t14-,15+,17-/m1/s1. The van der Waals surface area contributed by atoms with Crippen LogP contribution in [0.3, 0.4) is 0 Å². The van der Waals surface area contributed by atoms with Crippen molar-refractivity contribution in [3.63, 3.8) is 0 Å². The van der Waals surface area contributed by atoms with Crippen molar-refractivity contribution in [2.24, 2.45) is 0 Å². The second-order valence-corrected chi connectivity index (χ2v) is 7.56. The van der Waals surface area contributed by atoms with Crippen molar-refractivity contribution in [2.45, 2.75) is 70.9 Å². The minimum atomic E-state index is -0.947. The number of carbonyl (C=O) groups is 1. The zero-order valence-corrected chi connectivity index (χ0v) is 15.0. The molecule has 134 valence electrons. The minimum Gasteiger partial charge on any atom is -0.444 e.